The van der Waals surface area contributed by atoms with Crippen LogP contribution in [0.25, 0.3) is 0 Å². The molecule has 1 fully saturated rings. The van der Waals surface area contributed by atoms with E-state index in [1.165, 1.54) is 54.4 Å². The van der Waals surface area contributed by atoms with Gasteiger partial charge in [-0.2, -0.15) is 0 Å². The SMILES string of the molecule is Cc1cc(C)c(CNC2CCCCC2)cc1C. The zero-order valence-corrected chi connectivity index (χ0v) is 11.5. The number of aryl methyl sites for hydroxylation is 3. The second kappa shape index (κ2) is 5.68. The Bertz CT molecular complexity index is 375. The van der Waals surface area contributed by atoms with Crippen molar-refractivity contribution in [2.45, 2.75) is 65.5 Å². The summed E-state index contributed by atoms with van der Waals surface area (Å²) >= 11 is 0. The molecule has 1 nitrogen and oxygen atoms in total. The van der Waals surface area contributed by atoms with Gasteiger partial charge in [-0.3, -0.25) is 0 Å². The van der Waals surface area contributed by atoms with Crippen molar-refractivity contribution in [2.24, 2.45) is 0 Å². The maximum absolute atomic E-state index is 3.73. The van der Waals surface area contributed by atoms with Gasteiger partial charge >= 0.3 is 0 Å². The summed E-state index contributed by atoms with van der Waals surface area (Å²) in [6.07, 6.45) is 6.97. The van der Waals surface area contributed by atoms with Crippen LogP contribution in [-0.4, -0.2) is 6.04 Å². The molecular formula is C16H25N. The molecule has 1 heteroatoms. The van der Waals surface area contributed by atoms with Crippen molar-refractivity contribution in [1.29, 1.82) is 0 Å². The van der Waals surface area contributed by atoms with Crippen LogP contribution >= 0.6 is 0 Å². The largest absolute Gasteiger partial charge is 0.310 e. The maximum Gasteiger partial charge on any atom is 0.0210 e. The van der Waals surface area contributed by atoms with E-state index in [0.717, 1.165) is 12.6 Å². The molecule has 0 aromatic heterocycles. The van der Waals surface area contributed by atoms with E-state index in [9.17, 15) is 0 Å². The summed E-state index contributed by atoms with van der Waals surface area (Å²) < 4.78 is 0. The van der Waals surface area contributed by atoms with Gasteiger partial charge in [-0.05, 0) is 55.9 Å². The highest BCUT2D eigenvalue weighted by molar-refractivity contribution is 5.36. The highest BCUT2D eigenvalue weighted by atomic mass is 14.9. The minimum Gasteiger partial charge on any atom is -0.310 e. The minimum absolute atomic E-state index is 0.754. The van der Waals surface area contributed by atoms with Gasteiger partial charge in [0.1, 0.15) is 0 Å². The number of benzene rings is 1. The van der Waals surface area contributed by atoms with Gasteiger partial charge in [-0.1, -0.05) is 31.4 Å². The van der Waals surface area contributed by atoms with Crippen LogP contribution in [0.15, 0.2) is 12.1 Å². The average molecular weight is 231 g/mol. The lowest BCUT2D eigenvalue weighted by atomic mass is 9.95. The molecule has 0 amide bonds. The fraction of sp³-hybridized carbons (Fsp3) is 0.625. The highest BCUT2D eigenvalue weighted by Crippen LogP contribution is 2.19. The van der Waals surface area contributed by atoms with E-state index in [1.54, 1.807) is 0 Å². The Labute approximate surface area is 106 Å². The van der Waals surface area contributed by atoms with E-state index in [2.05, 4.69) is 38.2 Å². The lowest BCUT2D eigenvalue weighted by Crippen LogP contribution is -2.30. The van der Waals surface area contributed by atoms with Gasteiger partial charge < -0.3 is 5.32 Å². The summed E-state index contributed by atoms with van der Waals surface area (Å²) in [5.74, 6) is 0. The Morgan fingerprint density at radius 3 is 2.29 bits per heavy atom. The zero-order chi connectivity index (χ0) is 12.3. The Kier molecular flexibility index (Phi) is 4.22. The van der Waals surface area contributed by atoms with Crippen molar-refractivity contribution >= 4 is 0 Å². The van der Waals surface area contributed by atoms with Gasteiger partial charge in [0.25, 0.3) is 0 Å². The van der Waals surface area contributed by atoms with Crippen LogP contribution < -0.4 is 5.32 Å². The summed E-state index contributed by atoms with van der Waals surface area (Å²) in [7, 11) is 0. The quantitative estimate of drug-likeness (QED) is 0.828. The van der Waals surface area contributed by atoms with Crippen molar-refractivity contribution in [3.05, 3.63) is 34.4 Å². The summed E-state index contributed by atoms with van der Waals surface area (Å²) in [5.41, 5.74) is 5.72. The predicted molar refractivity (Wildman–Crippen MR) is 74.4 cm³/mol. The third kappa shape index (κ3) is 3.32. The first-order valence-corrected chi connectivity index (χ1v) is 6.97. The van der Waals surface area contributed by atoms with Gasteiger partial charge in [0.05, 0.1) is 0 Å². The molecule has 0 radical (unpaired) electrons. The van der Waals surface area contributed by atoms with Gasteiger partial charge in [0.2, 0.25) is 0 Å². The first-order chi connectivity index (χ1) is 8.16. The molecule has 1 aromatic rings. The lowest BCUT2D eigenvalue weighted by molar-refractivity contribution is 0.372. The summed E-state index contributed by atoms with van der Waals surface area (Å²) in [4.78, 5) is 0. The fourth-order valence-electron chi connectivity index (χ4n) is 2.77. The fourth-order valence-corrected chi connectivity index (χ4v) is 2.77. The predicted octanol–water partition coefficient (Wildman–Crippen LogP) is 4.03. The molecule has 0 aliphatic heterocycles. The molecule has 2 rings (SSSR count). The second-order valence-corrected chi connectivity index (χ2v) is 5.58. The van der Waals surface area contributed by atoms with Crippen LogP contribution in [0.1, 0.15) is 54.4 Å². The van der Waals surface area contributed by atoms with Crippen LogP contribution in [0.3, 0.4) is 0 Å². The molecule has 1 saturated carbocycles. The Balaban J connectivity index is 1.96. The van der Waals surface area contributed by atoms with Crippen molar-refractivity contribution < 1.29 is 0 Å². The smallest absolute Gasteiger partial charge is 0.0210 e. The molecule has 1 aliphatic carbocycles. The Hall–Kier alpha value is -0.820. The third-order valence-corrected chi connectivity index (χ3v) is 4.14. The molecule has 0 heterocycles. The first kappa shape index (κ1) is 12.6. The van der Waals surface area contributed by atoms with E-state index in [4.69, 9.17) is 0 Å². The molecule has 1 N–H and O–H groups in total. The number of hydrogen-bond donors (Lipinski definition) is 1. The Morgan fingerprint density at radius 2 is 1.59 bits per heavy atom. The molecule has 1 aromatic carbocycles. The van der Waals surface area contributed by atoms with Crippen molar-refractivity contribution in [3.63, 3.8) is 0 Å². The molecule has 94 valence electrons. The van der Waals surface area contributed by atoms with Crippen LogP contribution in [0.5, 0.6) is 0 Å². The third-order valence-electron chi connectivity index (χ3n) is 4.14. The van der Waals surface area contributed by atoms with Gasteiger partial charge in [-0.25, -0.2) is 0 Å². The monoisotopic (exact) mass is 231 g/mol. The molecular weight excluding hydrogens is 206 g/mol. The number of rotatable bonds is 3. The minimum atomic E-state index is 0.754. The van der Waals surface area contributed by atoms with Crippen LogP contribution in [-0.2, 0) is 6.54 Å². The van der Waals surface area contributed by atoms with E-state index >= 15 is 0 Å². The van der Waals surface area contributed by atoms with Crippen LogP contribution in [0, 0.1) is 20.8 Å². The molecule has 1 aliphatic rings. The van der Waals surface area contributed by atoms with E-state index in [1.807, 2.05) is 0 Å². The zero-order valence-electron chi connectivity index (χ0n) is 11.5. The molecule has 0 saturated heterocycles. The number of hydrogen-bond acceptors (Lipinski definition) is 1. The van der Waals surface area contributed by atoms with Crippen molar-refractivity contribution in [2.75, 3.05) is 0 Å². The molecule has 17 heavy (non-hydrogen) atoms. The van der Waals surface area contributed by atoms with Crippen LogP contribution in [0.2, 0.25) is 0 Å². The highest BCUT2D eigenvalue weighted by Gasteiger charge is 2.12. The molecule has 0 unspecified atom stereocenters. The summed E-state index contributed by atoms with van der Waals surface area (Å²) in [6.45, 7) is 7.67. The van der Waals surface area contributed by atoms with Crippen molar-refractivity contribution in [3.8, 4) is 0 Å². The van der Waals surface area contributed by atoms with Gasteiger partial charge in [-0.15, -0.1) is 0 Å². The second-order valence-electron chi connectivity index (χ2n) is 5.58. The van der Waals surface area contributed by atoms with E-state index < -0.39 is 0 Å². The maximum atomic E-state index is 3.73. The summed E-state index contributed by atoms with van der Waals surface area (Å²) in [5, 5.41) is 3.73. The molecule has 0 spiro atoms. The lowest BCUT2D eigenvalue weighted by Gasteiger charge is -2.23. The normalized spacial score (nSPS) is 17.4. The van der Waals surface area contributed by atoms with E-state index in [-0.39, 0.29) is 0 Å². The molecule has 0 atom stereocenters. The van der Waals surface area contributed by atoms with Crippen LogP contribution in [0.4, 0.5) is 0 Å². The van der Waals surface area contributed by atoms with E-state index in [0.29, 0.717) is 0 Å². The Morgan fingerprint density at radius 1 is 0.941 bits per heavy atom. The number of nitrogens with one attached hydrogen (secondary N) is 1. The molecule has 0 bridgehead atoms. The van der Waals surface area contributed by atoms with Crippen molar-refractivity contribution in [1.82, 2.24) is 5.32 Å². The topological polar surface area (TPSA) is 12.0 Å². The average Bonchev–Trinajstić information content (AvgIpc) is 2.33. The van der Waals surface area contributed by atoms with Gasteiger partial charge in [0.15, 0.2) is 0 Å². The summed E-state index contributed by atoms with van der Waals surface area (Å²) in [6, 6.07) is 5.41. The van der Waals surface area contributed by atoms with Gasteiger partial charge in [0, 0.05) is 12.6 Å². The first-order valence-electron chi connectivity index (χ1n) is 6.97. The standard InChI is InChI=1S/C16H25N/c1-12-9-14(3)15(10-13(12)2)11-17-16-7-5-4-6-8-16/h9-10,16-17H,4-8,11H2,1-3H3.